The van der Waals surface area contributed by atoms with Crippen molar-refractivity contribution >= 4 is 5.69 Å². The zero-order valence-electron chi connectivity index (χ0n) is 12.7. The van der Waals surface area contributed by atoms with Gasteiger partial charge in [-0.2, -0.15) is 0 Å². The maximum Gasteiger partial charge on any atom is 0.0340 e. The van der Waals surface area contributed by atoms with Gasteiger partial charge in [-0.25, -0.2) is 0 Å². The van der Waals surface area contributed by atoms with Gasteiger partial charge in [0, 0.05) is 24.8 Å². The van der Waals surface area contributed by atoms with Crippen LogP contribution in [0.15, 0.2) is 24.3 Å². The van der Waals surface area contributed by atoms with Crippen molar-refractivity contribution in [2.75, 3.05) is 25.5 Å². The first-order chi connectivity index (χ1) is 9.16. The van der Waals surface area contributed by atoms with Crippen LogP contribution in [0, 0.1) is 12.8 Å². The molecule has 1 N–H and O–H groups in total. The molecule has 106 valence electrons. The third kappa shape index (κ3) is 4.24. The van der Waals surface area contributed by atoms with Crippen molar-refractivity contribution in [2.45, 2.75) is 45.6 Å². The smallest absolute Gasteiger partial charge is 0.0340 e. The SMILES string of the molecule is Cc1ccc(NCCN(C)C2CCCCC2C)cc1. The molecule has 2 atom stereocenters. The van der Waals surface area contributed by atoms with Gasteiger partial charge in [-0.3, -0.25) is 0 Å². The Bertz CT molecular complexity index is 371. The maximum atomic E-state index is 3.52. The van der Waals surface area contributed by atoms with Crippen LogP contribution in [0.4, 0.5) is 5.69 Å². The largest absolute Gasteiger partial charge is 0.384 e. The molecule has 0 radical (unpaired) electrons. The number of likely N-dealkylation sites (N-methyl/N-ethyl adjacent to an activating group) is 1. The summed E-state index contributed by atoms with van der Waals surface area (Å²) in [5.41, 5.74) is 2.55. The minimum atomic E-state index is 0.786. The van der Waals surface area contributed by atoms with Crippen LogP contribution in [-0.2, 0) is 0 Å². The van der Waals surface area contributed by atoms with Gasteiger partial charge in [0.2, 0.25) is 0 Å². The van der Waals surface area contributed by atoms with E-state index in [4.69, 9.17) is 0 Å². The number of nitrogens with zero attached hydrogens (tertiary/aromatic N) is 1. The Labute approximate surface area is 118 Å². The van der Waals surface area contributed by atoms with E-state index in [1.54, 1.807) is 0 Å². The van der Waals surface area contributed by atoms with Crippen LogP contribution in [0.1, 0.15) is 38.2 Å². The van der Waals surface area contributed by atoms with Crippen LogP contribution < -0.4 is 5.32 Å². The van der Waals surface area contributed by atoms with Crippen molar-refractivity contribution in [1.82, 2.24) is 4.90 Å². The number of nitrogens with one attached hydrogen (secondary N) is 1. The first-order valence-electron chi connectivity index (χ1n) is 7.67. The molecule has 0 bridgehead atoms. The molecule has 0 amide bonds. The molecule has 0 spiro atoms. The van der Waals surface area contributed by atoms with Crippen molar-refractivity contribution in [3.05, 3.63) is 29.8 Å². The van der Waals surface area contributed by atoms with Gasteiger partial charge < -0.3 is 10.2 Å². The fourth-order valence-electron chi connectivity index (χ4n) is 3.17. The molecule has 0 aliphatic heterocycles. The number of aryl methyl sites for hydroxylation is 1. The Balaban J connectivity index is 1.74. The minimum absolute atomic E-state index is 0.786. The van der Waals surface area contributed by atoms with Gasteiger partial charge in [-0.1, -0.05) is 37.5 Å². The summed E-state index contributed by atoms with van der Waals surface area (Å²) in [5.74, 6) is 0.859. The van der Waals surface area contributed by atoms with E-state index in [1.165, 1.54) is 36.9 Å². The van der Waals surface area contributed by atoms with Crippen molar-refractivity contribution < 1.29 is 0 Å². The molecule has 1 saturated carbocycles. The normalized spacial score (nSPS) is 23.6. The lowest BCUT2D eigenvalue weighted by Gasteiger charge is -2.36. The topological polar surface area (TPSA) is 15.3 Å². The minimum Gasteiger partial charge on any atom is -0.384 e. The standard InChI is InChI=1S/C17H28N2/c1-14-8-10-16(11-9-14)18-12-13-19(3)17-7-5-4-6-15(17)2/h8-11,15,17-18H,4-7,12-13H2,1-3H3. The molecule has 1 aromatic carbocycles. The summed E-state index contributed by atoms with van der Waals surface area (Å²) in [6, 6.07) is 9.44. The molecular formula is C17H28N2. The molecule has 1 aromatic rings. The van der Waals surface area contributed by atoms with Crippen molar-refractivity contribution in [1.29, 1.82) is 0 Å². The summed E-state index contributed by atoms with van der Waals surface area (Å²) < 4.78 is 0. The number of hydrogen-bond donors (Lipinski definition) is 1. The predicted molar refractivity (Wildman–Crippen MR) is 83.7 cm³/mol. The van der Waals surface area contributed by atoms with Gasteiger partial charge in [0.1, 0.15) is 0 Å². The molecule has 0 aromatic heterocycles. The van der Waals surface area contributed by atoms with E-state index in [0.29, 0.717) is 0 Å². The molecule has 2 rings (SSSR count). The lowest BCUT2D eigenvalue weighted by molar-refractivity contribution is 0.144. The van der Waals surface area contributed by atoms with E-state index in [2.05, 4.69) is 55.4 Å². The summed E-state index contributed by atoms with van der Waals surface area (Å²) in [6.07, 6.45) is 5.61. The Morgan fingerprint density at radius 1 is 1.16 bits per heavy atom. The van der Waals surface area contributed by atoms with Gasteiger partial charge in [-0.05, 0) is 44.9 Å². The lowest BCUT2D eigenvalue weighted by Crippen LogP contribution is -2.41. The quantitative estimate of drug-likeness (QED) is 0.863. The van der Waals surface area contributed by atoms with E-state index < -0.39 is 0 Å². The summed E-state index contributed by atoms with van der Waals surface area (Å²) >= 11 is 0. The molecule has 1 aliphatic rings. The molecule has 2 unspecified atom stereocenters. The second-order valence-corrected chi connectivity index (χ2v) is 6.10. The third-order valence-corrected chi connectivity index (χ3v) is 4.48. The summed E-state index contributed by atoms with van der Waals surface area (Å²) in [6.45, 7) is 6.70. The van der Waals surface area contributed by atoms with E-state index in [9.17, 15) is 0 Å². The number of benzene rings is 1. The van der Waals surface area contributed by atoms with Crippen molar-refractivity contribution in [2.24, 2.45) is 5.92 Å². The maximum absolute atomic E-state index is 3.52. The fourth-order valence-corrected chi connectivity index (χ4v) is 3.17. The highest BCUT2D eigenvalue weighted by Crippen LogP contribution is 2.27. The molecule has 2 nitrogen and oxygen atoms in total. The Morgan fingerprint density at radius 3 is 2.53 bits per heavy atom. The number of anilines is 1. The summed E-state index contributed by atoms with van der Waals surface area (Å²) in [7, 11) is 2.28. The van der Waals surface area contributed by atoms with Crippen LogP contribution in [0.5, 0.6) is 0 Å². The fraction of sp³-hybridized carbons (Fsp3) is 0.647. The molecule has 0 heterocycles. The van der Waals surface area contributed by atoms with Crippen LogP contribution in [-0.4, -0.2) is 31.1 Å². The molecular weight excluding hydrogens is 232 g/mol. The highest BCUT2D eigenvalue weighted by atomic mass is 15.1. The Hall–Kier alpha value is -1.02. The molecule has 1 aliphatic carbocycles. The molecule has 2 heteroatoms. The van der Waals surface area contributed by atoms with Gasteiger partial charge in [0.25, 0.3) is 0 Å². The van der Waals surface area contributed by atoms with Gasteiger partial charge in [-0.15, -0.1) is 0 Å². The van der Waals surface area contributed by atoms with E-state index >= 15 is 0 Å². The van der Waals surface area contributed by atoms with Gasteiger partial charge in [0.15, 0.2) is 0 Å². The highest BCUT2D eigenvalue weighted by molar-refractivity contribution is 5.44. The predicted octanol–water partition coefficient (Wildman–Crippen LogP) is 3.92. The average molecular weight is 260 g/mol. The third-order valence-electron chi connectivity index (χ3n) is 4.48. The average Bonchev–Trinajstić information content (AvgIpc) is 2.41. The molecule has 19 heavy (non-hydrogen) atoms. The van der Waals surface area contributed by atoms with Gasteiger partial charge in [0.05, 0.1) is 0 Å². The second kappa shape index (κ2) is 6.95. The summed E-state index contributed by atoms with van der Waals surface area (Å²) in [4.78, 5) is 2.55. The monoisotopic (exact) mass is 260 g/mol. The zero-order chi connectivity index (χ0) is 13.7. The summed E-state index contributed by atoms with van der Waals surface area (Å²) in [5, 5.41) is 3.52. The first kappa shape index (κ1) is 14.4. The van der Waals surface area contributed by atoms with Crippen LogP contribution in [0.25, 0.3) is 0 Å². The molecule has 1 fully saturated rings. The Morgan fingerprint density at radius 2 is 1.84 bits per heavy atom. The van der Waals surface area contributed by atoms with Crippen molar-refractivity contribution in [3.8, 4) is 0 Å². The van der Waals surface area contributed by atoms with E-state index in [1.807, 2.05) is 0 Å². The first-order valence-corrected chi connectivity index (χ1v) is 7.67. The van der Waals surface area contributed by atoms with Crippen LogP contribution in [0.2, 0.25) is 0 Å². The van der Waals surface area contributed by atoms with Crippen LogP contribution in [0.3, 0.4) is 0 Å². The van der Waals surface area contributed by atoms with Crippen LogP contribution >= 0.6 is 0 Å². The Kier molecular flexibility index (Phi) is 5.26. The van der Waals surface area contributed by atoms with Crippen molar-refractivity contribution in [3.63, 3.8) is 0 Å². The van der Waals surface area contributed by atoms with Gasteiger partial charge >= 0.3 is 0 Å². The second-order valence-electron chi connectivity index (χ2n) is 6.10. The van der Waals surface area contributed by atoms with E-state index in [-0.39, 0.29) is 0 Å². The highest BCUT2D eigenvalue weighted by Gasteiger charge is 2.24. The number of rotatable bonds is 5. The zero-order valence-corrected chi connectivity index (χ0v) is 12.7. The lowest BCUT2D eigenvalue weighted by atomic mass is 9.85. The number of hydrogen-bond acceptors (Lipinski definition) is 2. The molecule has 0 saturated heterocycles. The van der Waals surface area contributed by atoms with E-state index in [0.717, 1.165) is 25.0 Å².